The van der Waals surface area contributed by atoms with E-state index in [0.717, 1.165) is 0 Å². The van der Waals surface area contributed by atoms with Crippen LogP contribution in [0.5, 0.6) is 0 Å². The number of carbonyl (C=O) groups is 1. The summed E-state index contributed by atoms with van der Waals surface area (Å²) in [7, 11) is 0. The van der Waals surface area contributed by atoms with Crippen molar-refractivity contribution < 1.29 is 4.79 Å². The highest BCUT2D eigenvalue weighted by Crippen LogP contribution is 1.97. The summed E-state index contributed by atoms with van der Waals surface area (Å²) in [5.74, 6) is -0.330. The lowest BCUT2D eigenvalue weighted by Gasteiger charge is -1.92. The third kappa shape index (κ3) is 1.80. The standard InChI is InChI=1S/C8H6N2O2/c9-3-1-7(11)6-2-4-10-8(12)5-6/h2,4-5H,1H2,(H,10,12). The van der Waals surface area contributed by atoms with E-state index < -0.39 is 0 Å². The molecule has 0 aliphatic rings. The highest BCUT2D eigenvalue weighted by atomic mass is 16.1. The van der Waals surface area contributed by atoms with Crippen LogP contribution in [0.15, 0.2) is 23.1 Å². The number of nitrogens with one attached hydrogen (secondary N) is 1. The van der Waals surface area contributed by atoms with Gasteiger partial charge in [-0.2, -0.15) is 5.26 Å². The second kappa shape index (κ2) is 3.49. The molecule has 1 heterocycles. The lowest BCUT2D eigenvalue weighted by Crippen LogP contribution is -2.07. The topological polar surface area (TPSA) is 73.7 Å². The summed E-state index contributed by atoms with van der Waals surface area (Å²) in [4.78, 5) is 24.1. The number of hydrogen-bond donors (Lipinski definition) is 1. The van der Waals surface area contributed by atoms with Crippen LogP contribution < -0.4 is 5.56 Å². The lowest BCUT2D eigenvalue weighted by atomic mass is 10.1. The number of aromatic amines is 1. The van der Waals surface area contributed by atoms with E-state index in [1.54, 1.807) is 6.07 Å². The van der Waals surface area contributed by atoms with E-state index in [1.807, 2.05) is 0 Å². The second-order valence-electron chi connectivity index (χ2n) is 2.20. The summed E-state index contributed by atoms with van der Waals surface area (Å²) in [6.45, 7) is 0. The average Bonchev–Trinajstić information content (AvgIpc) is 2.05. The molecule has 0 bridgehead atoms. The largest absolute Gasteiger partial charge is 0.329 e. The summed E-state index contributed by atoms with van der Waals surface area (Å²) in [5.41, 5.74) is -0.0564. The summed E-state index contributed by atoms with van der Waals surface area (Å²) >= 11 is 0. The first kappa shape index (κ1) is 8.21. The maximum absolute atomic E-state index is 11.0. The van der Waals surface area contributed by atoms with Gasteiger partial charge >= 0.3 is 0 Å². The average molecular weight is 162 g/mol. The fourth-order valence-electron chi connectivity index (χ4n) is 0.792. The summed E-state index contributed by atoms with van der Waals surface area (Å²) in [6.07, 6.45) is 1.19. The number of aromatic nitrogens is 1. The number of pyridine rings is 1. The SMILES string of the molecule is N#CCC(=O)c1cc[nH]c(=O)c1. The van der Waals surface area contributed by atoms with Gasteiger partial charge < -0.3 is 4.98 Å². The van der Waals surface area contributed by atoms with Crippen molar-refractivity contribution in [3.05, 3.63) is 34.2 Å². The molecule has 0 aliphatic carbocycles. The molecule has 60 valence electrons. The minimum Gasteiger partial charge on any atom is -0.329 e. The monoisotopic (exact) mass is 162 g/mol. The molecule has 4 heteroatoms. The Morgan fingerprint density at radius 2 is 2.42 bits per heavy atom. The van der Waals surface area contributed by atoms with Gasteiger partial charge in [0, 0.05) is 17.8 Å². The van der Waals surface area contributed by atoms with Crippen molar-refractivity contribution in [3.63, 3.8) is 0 Å². The quantitative estimate of drug-likeness (QED) is 0.642. The Balaban J connectivity index is 2.98. The number of nitriles is 1. The van der Waals surface area contributed by atoms with Gasteiger partial charge in [0.05, 0.1) is 12.5 Å². The molecule has 0 saturated heterocycles. The number of ketones is 1. The van der Waals surface area contributed by atoms with Crippen molar-refractivity contribution in [2.75, 3.05) is 0 Å². The first-order chi connectivity index (χ1) is 5.74. The Labute approximate surface area is 68.5 Å². The van der Waals surface area contributed by atoms with Crippen LogP contribution in [0.4, 0.5) is 0 Å². The minimum atomic E-state index is -0.334. The molecular weight excluding hydrogens is 156 g/mol. The van der Waals surface area contributed by atoms with E-state index in [1.165, 1.54) is 18.3 Å². The Kier molecular flexibility index (Phi) is 2.38. The molecule has 0 fully saturated rings. The van der Waals surface area contributed by atoms with Crippen molar-refractivity contribution in [1.29, 1.82) is 5.26 Å². The summed E-state index contributed by atoms with van der Waals surface area (Å²) in [5, 5.41) is 8.21. The van der Waals surface area contributed by atoms with E-state index in [-0.39, 0.29) is 23.3 Å². The molecule has 0 atom stereocenters. The normalized spacial score (nSPS) is 8.92. The van der Waals surface area contributed by atoms with Gasteiger partial charge in [-0.05, 0) is 6.07 Å². The predicted octanol–water partition coefficient (Wildman–Crippen LogP) is 0.471. The van der Waals surface area contributed by atoms with Gasteiger partial charge in [0.1, 0.15) is 0 Å². The van der Waals surface area contributed by atoms with Crippen molar-refractivity contribution in [1.82, 2.24) is 4.98 Å². The molecule has 1 N–H and O–H groups in total. The van der Waals surface area contributed by atoms with Crippen molar-refractivity contribution in [2.45, 2.75) is 6.42 Å². The van der Waals surface area contributed by atoms with Gasteiger partial charge in [0.25, 0.3) is 0 Å². The zero-order valence-corrected chi connectivity index (χ0v) is 6.20. The summed E-state index contributed by atoms with van der Waals surface area (Å²) in [6, 6.07) is 4.38. The minimum absolute atomic E-state index is 0.191. The Morgan fingerprint density at radius 1 is 1.67 bits per heavy atom. The van der Waals surface area contributed by atoms with E-state index in [4.69, 9.17) is 5.26 Å². The van der Waals surface area contributed by atoms with Gasteiger partial charge in [-0.25, -0.2) is 0 Å². The van der Waals surface area contributed by atoms with E-state index in [9.17, 15) is 9.59 Å². The highest BCUT2D eigenvalue weighted by molar-refractivity contribution is 5.97. The zero-order chi connectivity index (χ0) is 8.97. The van der Waals surface area contributed by atoms with Gasteiger partial charge in [-0.1, -0.05) is 0 Å². The molecule has 4 nitrogen and oxygen atoms in total. The molecule has 12 heavy (non-hydrogen) atoms. The number of nitrogens with zero attached hydrogens (tertiary/aromatic N) is 1. The van der Waals surface area contributed by atoms with Crippen LogP contribution >= 0.6 is 0 Å². The predicted molar refractivity (Wildman–Crippen MR) is 41.6 cm³/mol. The zero-order valence-electron chi connectivity index (χ0n) is 6.20. The van der Waals surface area contributed by atoms with Crippen LogP contribution in [-0.2, 0) is 0 Å². The fraction of sp³-hybridized carbons (Fsp3) is 0.125. The van der Waals surface area contributed by atoms with E-state index in [0.29, 0.717) is 0 Å². The van der Waals surface area contributed by atoms with Crippen LogP contribution in [0.3, 0.4) is 0 Å². The number of carbonyl (C=O) groups excluding carboxylic acids is 1. The first-order valence-corrected chi connectivity index (χ1v) is 3.33. The van der Waals surface area contributed by atoms with Crippen LogP contribution in [0.25, 0.3) is 0 Å². The van der Waals surface area contributed by atoms with Gasteiger partial charge in [0.2, 0.25) is 5.56 Å². The number of rotatable bonds is 2. The maximum Gasteiger partial charge on any atom is 0.248 e. The van der Waals surface area contributed by atoms with Gasteiger partial charge in [-0.3, -0.25) is 9.59 Å². The summed E-state index contributed by atoms with van der Waals surface area (Å²) < 4.78 is 0. The van der Waals surface area contributed by atoms with Crippen LogP contribution in [0.2, 0.25) is 0 Å². The second-order valence-corrected chi connectivity index (χ2v) is 2.20. The Bertz CT molecular complexity index is 387. The number of hydrogen-bond acceptors (Lipinski definition) is 3. The fourth-order valence-corrected chi connectivity index (χ4v) is 0.792. The molecule has 0 radical (unpaired) electrons. The molecule has 0 unspecified atom stereocenters. The molecule has 1 rings (SSSR count). The molecular formula is C8H6N2O2. The third-order valence-electron chi connectivity index (χ3n) is 1.34. The van der Waals surface area contributed by atoms with Crippen molar-refractivity contribution >= 4 is 5.78 Å². The van der Waals surface area contributed by atoms with Crippen LogP contribution in [0, 0.1) is 11.3 Å². The number of H-pyrrole nitrogens is 1. The van der Waals surface area contributed by atoms with Crippen LogP contribution in [-0.4, -0.2) is 10.8 Å². The van der Waals surface area contributed by atoms with Crippen molar-refractivity contribution in [3.8, 4) is 6.07 Å². The Hall–Kier alpha value is -1.89. The third-order valence-corrected chi connectivity index (χ3v) is 1.34. The van der Waals surface area contributed by atoms with Crippen molar-refractivity contribution in [2.24, 2.45) is 0 Å². The molecule has 0 aromatic carbocycles. The van der Waals surface area contributed by atoms with Crippen LogP contribution in [0.1, 0.15) is 16.8 Å². The molecule has 0 amide bonds. The molecule has 0 aliphatic heterocycles. The maximum atomic E-state index is 11.0. The van der Waals surface area contributed by atoms with E-state index >= 15 is 0 Å². The molecule has 0 saturated carbocycles. The lowest BCUT2D eigenvalue weighted by molar-refractivity contribution is 0.0997. The van der Waals surface area contributed by atoms with Gasteiger partial charge in [0.15, 0.2) is 5.78 Å². The molecule has 1 aromatic heterocycles. The smallest absolute Gasteiger partial charge is 0.248 e. The Morgan fingerprint density at radius 3 is 3.00 bits per heavy atom. The van der Waals surface area contributed by atoms with E-state index in [2.05, 4.69) is 4.98 Å². The highest BCUT2D eigenvalue weighted by Gasteiger charge is 2.03. The molecule has 0 spiro atoms. The van der Waals surface area contributed by atoms with Gasteiger partial charge in [-0.15, -0.1) is 0 Å². The first-order valence-electron chi connectivity index (χ1n) is 3.33. The molecule has 1 aromatic rings. The number of Topliss-reactive ketones (excluding diaryl/α,β-unsaturated/α-hetero) is 1.